The van der Waals surface area contributed by atoms with E-state index < -0.39 is 0 Å². The first-order chi connectivity index (χ1) is 9.28. The van der Waals surface area contributed by atoms with Gasteiger partial charge in [-0.1, -0.05) is 15.9 Å². The molecule has 98 valence electrons. The van der Waals surface area contributed by atoms with Gasteiger partial charge in [0.25, 0.3) is 0 Å². The third-order valence-corrected chi connectivity index (χ3v) is 4.44. The number of hydrogen-bond donors (Lipinski definition) is 0. The van der Waals surface area contributed by atoms with Crippen LogP contribution in [0.25, 0.3) is 11.0 Å². The summed E-state index contributed by atoms with van der Waals surface area (Å²) in [6, 6.07) is 8.37. The van der Waals surface area contributed by atoms with Crippen LogP contribution in [0, 0.1) is 0 Å². The van der Waals surface area contributed by atoms with Gasteiger partial charge in [0.15, 0.2) is 0 Å². The molecule has 5 heteroatoms. The molecule has 0 aliphatic heterocycles. The second kappa shape index (κ2) is 5.65. The molecular weight excluding hydrogens is 344 g/mol. The van der Waals surface area contributed by atoms with Gasteiger partial charge in [-0.15, -0.1) is 11.6 Å². The molecule has 0 saturated heterocycles. The zero-order valence-electron chi connectivity index (χ0n) is 10.1. The highest BCUT2D eigenvalue weighted by molar-refractivity contribution is 9.10. The number of hydrogen-bond acceptors (Lipinski definition) is 2. The Morgan fingerprint density at radius 3 is 2.95 bits per heavy atom. The number of nitrogens with zero attached hydrogens (tertiary/aromatic N) is 2. The lowest BCUT2D eigenvalue weighted by Crippen LogP contribution is -2.05. The van der Waals surface area contributed by atoms with Crippen molar-refractivity contribution >= 4 is 49.9 Å². The Labute approximate surface area is 129 Å². The number of aromatic nitrogens is 2. The van der Waals surface area contributed by atoms with E-state index in [1.165, 1.54) is 5.56 Å². The van der Waals surface area contributed by atoms with Crippen molar-refractivity contribution in [3.05, 3.63) is 50.9 Å². The highest BCUT2D eigenvalue weighted by Gasteiger charge is 2.11. The summed E-state index contributed by atoms with van der Waals surface area (Å²) in [5, 5.41) is 4.28. The molecule has 3 aromatic rings. The van der Waals surface area contributed by atoms with Crippen molar-refractivity contribution < 1.29 is 0 Å². The third kappa shape index (κ3) is 2.71. The Kier molecular flexibility index (Phi) is 3.91. The summed E-state index contributed by atoms with van der Waals surface area (Å²) in [5.41, 5.74) is 3.49. The van der Waals surface area contributed by atoms with Crippen molar-refractivity contribution in [2.45, 2.75) is 13.0 Å². The topological polar surface area (TPSA) is 17.8 Å². The van der Waals surface area contributed by atoms with Crippen LogP contribution in [0.2, 0.25) is 0 Å². The fourth-order valence-electron chi connectivity index (χ4n) is 2.17. The number of halogens is 2. The lowest BCUT2D eigenvalue weighted by Gasteiger charge is -2.07. The van der Waals surface area contributed by atoms with E-state index in [2.05, 4.69) is 55.5 Å². The molecule has 0 aliphatic carbocycles. The first-order valence-corrected chi connectivity index (χ1v) is 8.26. The van der Waals surface area contributed by atoms with Crippen LogP contribution in [0.3, 0.4) is 0 Å². The number of rotatable bonds is 4. The molecule has 19 heavy (non-hydrogen) atoms. The summed E-state index contributed by atoms with van der Waals surface area (Å²) in [7, 11) is 0. The summed E-state index contributed by atoms with van der Waals surface area (Å²) in [6.07, 6.45) is 0.790. The van der Waals surface area contributed by atoms with Crippen molar-refractivity contribution in [2.75, 3.05) is 5.88 Å². The van der Waals surface area contributed by atoms with Gasteiger partial charge in [0.2, 0.25) is 0 Å². The van der Waals surface area contributed by atoms with Crippen LogP contribution < -0.4 is 0 Å². The average Bonchev–Trinajstić information content (AvgIpc) is 2.99. The molecule has 1 aromatic carbocycles. The number of thiophene rings is 1. The fourth-order valence-corrected chi connectivity index (χ4v) is 3.35. The zero-order chi connectivity index (χ0) is 13.2. The van der Waals surface area contributed by atoms with Crippen molar-refractivity contribution in [2.24, 2.45) is 0 Å². The van der Waals surface area contributed by atoms with E-state index in [0.29, 0.717) is 5.88 Å². The number of benzene rings is 1. The van der Waals surface area contributed by atoms with Gasteiger partial charge in [0, 0.05) is 16.8 Å². The first kappa shape index (κ1) is 13.2. The van der Waals surface area contributed by atoms with Crippen LogP contribution in [0.4, 0.5) is 0 Å². The molecule has 2 heterocycles. The van der Waals surface area contributed by atoms with Gasteiger partial charge in [-0.2, -0.15) is 11.3 Å². The number of fused-ring (bicyclic) bond motifs is 1. The molecule has 0 fully saturated rings. The molecule has 0 aliphatic rings. The van der Waals surface area contributed by atoms with Crippen LogP contribution in [0.1, 0.15) is 11.4 Å². The molecule has 0 saturated carbocycles. The molecule has 0 bridgehead atoms. The quantitative estimate of drug-likeness (QED) is 0.621. The Hall–Kier alpha value is -0.840. The minimum absolute atomic E-state index is 0.591. The van der Waals surface area contributed by atoms with Crippen molar-refractivity contribution in [1.29, 1.82) is 0 Å². The van der Waals surface area contributed by atoms with E-state index in [9.17, 15) is 0 Å². The summed E-state index contributed by atoms with van der Waals surface area (Å²) in [4.78, 5) is 4.70. The van der Waals surface area contributed by atoms with Crippen LogP contribution in [-0.2, 0) is 13.0 Å². The lowest BCUT2D eigenvalue weighted by atomic mass is 10.3. The standard InChI is InChI=1S/C14H12BrClN2S/c15-11-1-2-13-12(7-11)17-14(3-5-16)18(13)8-10-4-6-19-9-10/h1-2,4,6-7,9H,3,5,8H2. The van der Waals surface area contributed by atoms with E-state index in [-0.39, 0.29) is 0 Å². The Bertz CT molecular complexity index is 691. The Balaban J connectivity index is 2.10. The molecule has 3 rings (SSSR count). The largest absolute Gasteiger partial charge is 0.323 e. The predicted octanol–water partition coefficient (Wildman–Crippen LogP) is 4.69. The SMILES string of the molecule is ClCCc1nc2cc(Br)ccc2n1Cc1ccsc1. The van der Waals surface area contributed by atoms with E-state index in [1.807, 2.05) is 0 Å². The summed E-state index contributed by atoms with van der Waals surface area (Å²) >= 11 is 11.1. The maximum Gasteiger partial charge on any atom is 0.111 e. The highest BCUT2D eigenvalue weighted by Crippen LogP contribution is 2.23. The third-order valence-electron chi connectivity index (χ3n) is 3.03. The van der Waals surface area contributed by atoms with Crippen molar-refractivity contribution in [3.63, 3.8) is 0 Å². The smallest absolute Gasteiger partial charge is 0.111 e. The van der Waals surface area contributed by atoms with Crippen LogP contribution in [0.5, 0.6) is 0 Å². The van der Waals surface area contributed by atoms with Gasteiger partial charge >= 0.3 is 0 Å². The fraction of sp³-hybridized carbons (Fsp3) is 0.214. The van der Waals surface area contributed by atoms with Crippen molar-refractivity contribution in [1.82, 2.24) is 9.55 Å². The summed E-state index contributed by atoms with van der Waals surface area (Å²) in [6.45, 7) is 0.855. The zero-order valence-corrected chi connectivity index (χ0v) is 13.3. The van der Waals surface area contributed by atoms with Crippen LogP contribution in [-0.4, -0.2) is 15.4 Å². The summed E-state index contributed by atoms with van der Waals surface area (Å²) < 4.78 is 3.31. The monoisotopic (exact) mass is 354 g/mol. The van der Waals surface area contributed by atoms with Gasteiger partial charge in [0.1, 0.15) is 5.82 Å². The number of aryl methyl sites for hydroxylation is 1. The minimum Gasteiger partial charge on any atom is -0.323 e. The van der Waals surface area contributed by atoms with E-state index >= 15 is 0 Å². The minimum atomic E-state index is 0.591. The molecular formula is C14H12BrClN2S. The van der Waals surface area contributed by atoms with Gasteiger partial charge in [0.05, 0.1) is 17.6 Å². The maximum absolute atomic E-state index is 5.89. The molecule has 0 amide bonds. The van der Waals surface area contributed by atoms with Gasteiger partial charge in [-0.3, -0.25) is 0 Å². The molecule has 0 radical (unpaired) electrons. The molecule has 0 spiro atoms. The van der Waals surface area contributed by atoms with E-state index in [0.717, 1.165) is 34.3 Å². The van der Waals surface area contributed by atoms with E-state index in [1.54, 1.807) is 11.3 Å². The molecule has 0 N–H and O–H groups in total. The second-order valence-electron chi connectivity index (χ2n) is 4.32. The summed E-state index contributed by atoms with van der Waals surface area (Å²) in [5.74, 6) is 1.64. The predicted molar refractivity (Wildman–Crippen MR) is 85.3 cm³/mol. The van der Waals surface area contributed by atoms with Crippen molar-refractivity contribution in [3.8, 4) is 0 Å². The average molecular weight is 356 g/mol. The number of imidazole rings is 1. The van der Waals surface area contributed by atoms with Gasteiger partial charge in [-0.05, 0) is 40.6 Å². The molecule has 2 aromatic heterocycles. The highest BCUT2D eigenvalue weighted by atomic mass is 79.9. The molecule has 0 atom stereocenters. The Morgan fingerprint density at radius 2 is 2.21 bits per heavy atom. The molecule has 2 nitrogen and oxygen atoms in total. The molecule has 0 unspecified atom stereocenters. The number of alkyl halides is 1. The van der Waals surface area contributed by atoms with Gasteiger partial charge in [-0.25, -0.2) is 4.98 Å². The van der Waals surface area contributed by atoms with Gasteiger partial charge < -0.3 is 4.57 Å². The lowest BCUT2D eigenvalue weighted by molar-refractivity contribution is 0.756. The Morgan fingerprint density at radius 1 is 1.32 bits per heavy atom. The van der Waals surface area contributed by atoms with Crippen LogP contribution in [0.15, 0.2) is 39.5 Å². The van der Waals surface area contributed by atoms with E-state index in [4.69, 9.17) is 16.6 Å². The van der Waals surface area contributed by atoms with Crippen LogP contribution >= 0.6 is 38.9 Å². The second-order valence-corrected chi connectivity index (χ2v) is 6.39. The first-order valence-electron chi connectivity index (χ1n) is 5.99. The maximum atomic E-state index is 5.89. The normalized spacial score (nSPS) is 11.3.